The van der Waals surface area contributed by atoms with Crippen molar-refractivity contribution < 1.29 is 14.1 Å². The van der Waals surface area contributed by atoms with Crippen molar-refractivity contribution in [3.63, 3.8) is 0 Å². The third-order valence-corrected chi connectivity index (χ3v) is 3.26. The van der Waals surface area contributed by atoms with Gasteiger partial charge in [-0.15, -0.1) is 0 Å². The third kappa shape index (κ3) is 3.69. The third-order valence-electron chi connectivity index (χ3n) is 2.81. The average molecular weight is 355 g/mol. The van der Waals surface area contributed by atoms with Gasteiger partial charge in [-0.05, 0) is 12.1 Å². The Morgan fingerprint density at radius 3 is 2.76 bits per heavy atom. The molecular formula is C14H12BrFN2O3. The lowest BCUT2D eigenvalue weighted by Crippen LogP contribution is -2.04. The van der Waals surface area contributed by atoms with Gasteiger partial charge in [-0.1, -0.05) is 28.1 Å². The zero-order valence-electron chi connectivity index (χ0n) is 11.1. The summed E-state index contributed by atoms with van der Waals surface area (Å²) in [5, 5.41) is 13.8. The molecule has 0 aliphatic carbocycles. The number of ether oxygens (including phenoxy) is 1. The van der Waals surface area contributed by atoms with Gasteiger partial charge in [-0.2, -0.15) is 0 Å². The monoisotopic (exact) mass is 354 g/mol. The molecule has 110 valence electrons. The molecule has 0 saturated carbocycles. The maximum absolute atomic E-state index is 13.3. The Kier molecular flexibility index (Phi) is 4.74. The van der Waals surface area contributed by atoms with Gasteiger partial charge in [-0.3, -0.25) is 10.1 Å². The molecule has 0 radical (unpaired) electrons. The van der Waals surface area contributed by atoms with Crippen LogP contribution in [0.5, 0.6) is 5.75 Å². The van der Waals surface area contributed by atoms with Gasteiger partial charge in [-0.25, -0.2) is 4.39 Å². The first-order chi connectivity index (χ1) is 10.0. The molecule has 0 aliphatic rings. The highest BCUT2D eigenvalue weighted by Crippen LogP contribution is 2.29. The van der Waals surface area contributed by atoms with E-state index in [0.717, 1.165) is 0 Å². The van der Waals surface area contributed by atoms with Crippen molar-refractivity contribution in [1.82, 2.24) is 0 Å². The Morgan fingerprint density at radius 1 is 1.38 bits per heavy atom. The van der Waals surface area contributed by atoms with E-state index in [1.54, 1.807) is 25.2 Å². The molecule has 1 N–H and O–H groups in total. The van der Waals surface area contributed by atoms with Crippen LogP contribution in [0.1, 0.15) is 5.56 Å². The summed E-state index contributed by atoms with van der Waals surface area (Å²) in [5.74, 6) is -0.0808. The van der Waals surface area contributed by atoms with Crippen LogP contribution in [0.3, 0.4) is 0 Å². The van der Waals surface area contributed by atoms with Gasteiger partial charge in [0.25, 0.3) is 5.69 Å². The van der Waals surface area contributed by atoms with Gasteiger partial charge >= 0.3 is 0 Å². The fourth-order valence-corrected chi connectivity index (χ4v) is 2.36. The van der Waals surface area contributed by atoms with E-state index in [2.05, 4.69) is 21.2 Å². The first-order valence-electron chi connectivity index (χ1n) is 6.04. The number of nitrogens with zero attached hydrogens (tertiary/aromatic N) is 1. The van der Waals surface area contributed by atoms with Crippen molar-refractivity contribution in [3.8, 4) is 5.75 Å². The molecule has 2 rings (SSSR count). The van der Waals surface area contributed by atoms with Gasteiger partial charge in [0.1, 0.15) is 23.9 Å². The smallest absolute Gasteiger partial charge is 0.292 e. The maximum atomic E-state index is 13.3. The van der Waals surface area contributed by atoms with E-state index in [0.29, 0.717) is 21.5 Å². The first-order valence-corrected chi connectivity index (χ1v) is 6.83. The summed E-state index contributed by atoms with van der Waals surface area (Å²) in [6.45, 7) is 0.0910. The van der Waals surface area contributed by atoms with Crippen LogP contribution in [0.25, 0.3) is 0 Å². The van der Waals surface area contributed by atoms with Crippen molar-refractivity contribution in [2.75, 3.05) is 12.4 Å². The highest BCUT2D eigenvalue weighted by Gasteiger charge is 2.16. The minimum absolute atomic E-state index is 0.0287. The van der Waals surface area contributed by atoms with Crippen LogP contribution in [-0.2, 0) is 6.61 Å². The lowest BCUT2D eigenvalue weighted by molar-refractivity contribution is -0.384. The van der Waals surface area contributed by atoms with Crippen LogP contribution in [0.2, 0.25) is 0 Å². The summed E-state index contributed by atoms with van der Waals surface area (Å²) in [5.41, 5.74) is 0.976. The minimum atomic E-state index is -0.464. The van der Waals surface area contributed by atoms with Crippen LogP contribution in [-0.4, -0.2) is 12.0 Å². The van der Waals surface area contributed by atoms with Crippen LogP contribution in [0, 0.1) is 15.9 Å². The molecular weight excluding hydrogens is 343 g/mol. The molecule has 21 heavy (non-hydrogen) atoms. The fraction of sp³-hybridized carbons (Fsp3) is 0.143. The second-order valence-electron chi connectivity index (χ2n) is 4.21. The maximum Gasteiger partial charge on any atom is 0.292 e. The Bertz CT molecular complexity index is 659. The summed E-state index contributed by atoms with van der Waals surface area (Å²) < 4.78 is 19.3. The molecule has 0 aromatic heterocycles. The van der Waals surface area contributed by atoms with Crippen molar-refractivity contribution in [1.29, 1.82) is 0 Å². The summed E-state index contributed by atoms with van der Waals surface area (Å²) in [4.78, 5) is 10.5. The zero-order chi connectivity index (χ0) is 15.4. The zero-order valence-corrected chi connectivity index (χ0v) is 12.7. The number of hydrogen-bond donors (Lipinski definition) is 1. The second-order valence-corrected chi connectivity index (χ2v) is 5.13. The van der Waals surface area contributed by atoms with Gasteiger partial charge < -0.3 is 10.1 Å². The minimum Gasteiger partial charge on any atom is -0.489 e. The number of halogens is 2. The fourth-order valence-electron chi connectivity index (χ4n) is 1.92. The molecule has 7 heteroatoms. The molecule has 0 amide bonds. The number of nitro benzene ring substituents is 1. The van der Waals surface area contributed by atoms with E-state index in [1.165, 1.54) is 18.2 Å². The van der Waals surface area contributed by atoms with Crippen molar-refractivity contribution in [3.05, 3.63) is 62.4 Å². The molecule has 2 aromatic carbocycles. The molecule has 0 unspecified atom stereocenters. The number of anilines is 1. The summed E-state index contributed by atoms with van der Waals surface area (Å²) in [6.07, 6.45) is 0. The second kappa shape index (κ2) is 6.53. The molecule has 0 atom stereocenters. The Morgan fingerprint density at radius 2 is 2.14 bits per heavy atom. The predicted molar refractivity (Wildman–Crippen MR) is 81.1 cm³/mol. The summed E-state index contributed by atoms with van der Waals surface area (Å²) >= 11 is 3.18. The molecule has 0 saturated heterocycles. The topological polar surface area (TPSA) is 64.4 Å². The number of para-hydroxylation sites is 1. The highest BCUT2D eigenvalue weighted by atomic mass is 79.9. The molecule has 2 aromatic rings. The van der Waals surface area contributed by atoms with E-state index in [1.807, 2.05) is 0 Å². The Labute approximate surface area is 129 Å². The quantitative estimate of drug-likeness (QED) is 0.647. The highest BCUT2D eigenvalue weighted by molar-refractivity contribution is 9.10. The van der Waals surface area contributed by atoms with E-state index >= 15 is 0 Å². The van der Waals surface area contributed by atoms with Crippen LogP contribution >= 0.6 is 15.9 Å². The Balaban J connectivity index is 2.23. The van der Waals surface area contributed by atoms with Gasteiger partial charge in [0, 0.05) is 29.2 Å². The van der Waals surface area contributed by atoms with E-state index in [4.69, 9.17) is 4.74 Å². The standard InChI is InChI=1S/C14H12BrFN2O3/c1-17-14-9(3-2-4-13(14)18(19)20)8-21-12-6-10(15)5-11(16)7-12/h2-7,17H,8H2,1H3. The van der Waals surface area contributed by atoms with E-state index < -0.39 is 10.7 Å². The van der Waals surface area contributed by atoms with Crippen LogP contribution < -0.4 is 10.1 Å². The molecule has 0 spiro atoms. The number of nitro groups is 1. The molecule has 0 fully saturated rings. The first kappa shape index (κ1) is 15.2. The number of nitrogens with one attached hydrogen (secondary N) is 1. The molecule has 0 aliphatic heterocycles. The Hall–Kier alpha value is -2.15. The van der Waals surface area contributed by atoms with E-state index in [-0.39, 0.29) is 12.3 Å². The molecule has 0 heterocycles. The number of rotatable bonds is 5. The normalized spacial score (nSPS) is 10.2. The summed E-state index contributed by atoms with van der Waals surface area (Å²) in [6, 6.07) is 8.90. The van der Waals surface area contributed by atoms with Crippen LogP contribution in [0.4, 0.5) is 15.8 Å². The average Bonchev–Trinajstić information content (AvgIpc) is 2.43. The summed E-state index contributed by atoms with van der Waals surface area (Å²) in [7, 11) is 1.60. The molecule has 0 bridgehead atoms. The largest absolute Gasteiger partial charge is 0.489 e. The van der Waals surface area contributed by atoms with Gasteiger partial charge in [0.15, 0.2) is 0 Å². The van der Waals surface area contributed by atoms with Crippen molar-refractivity contribution in [2.24, 2.45) is 0 Å². The molecule has 5 nitrogen and oxygen atoms in total. The van der Waals surface area contributed by atoms with Crippen molar-refractivity contribution in [2.45, 2.75) is 6.61 Å². The SMILES string of the molecule is CNc1c(COc2cc(F)cc(Br)c2)cccc1[N+](=O)[O-]. The number of hydrogen-bond acceptors (Lipinski definition) is 4. The van der Waals surface area contributed by atoms with Gasteiger partial charge in [0.2, 0.25) is 0 Å². The van der Waals surface area contributed by atoms with Crippen molar-refractivity contribution >= 4 is 27.3 Å². The van der Waals surface area contributed by atoms with Crippen LogP contribution in [0.15, 0.2) is 40.9 Å². The lowest BCUT2D eigenvalue weighted by Gasteiger charge is -2.11. The van der Waals surface area contributed by atoms with E-state index in [9.17, 15) is 14.5 Å². The predicted octanol–water partition coefficient (Wildman–Crippen LogP) is 4.12. The number of benzene rings is 2. The van der Waals surface area contributed by atoms with Gasteiger partial charge in [0.05, 0.1) is 4.92 Å². The lowest BCUT2D eigenvalue weighted by atomic mass is 10.1.